The molecule has 1 nitrogen and oxygen atoms in total. The summed E-state index contributed by atoms with van der Waals surface area (Å²) in [6, 6.07) is 14.8. The van der Waals surface area contributed by atoms with Crippen LogP contribution in [-0.4, -0.2) is 0 Å². The lowest BCUT2D eigenvalue weighted by molar-refractivity contribution is 1.09. The first kappa shape index (κ1) is 12.4. The van der Waals surface area contributed by atoms with Gasteiger partial charge < -0.3 is 5.32 Å². The number of aryl methyl sites for hydroxylation is 2. The minimum Gasteiger partial charge on any atom is -0.380 e. The third kappa shape index (κ3) is 3.00. The Bertz CT molecular complexity index is 500. The van der Waals surface area contributed by atoms with Gasteiger partial charge in [-0.15, -0.1) is 0 Å². The number of halogens is 1. The van der Waals surface area contributed by atoms with Crippen molar-refractivity contribution in [1.29, 1.82) is 0 Å². The van der Waals surface area contributed by atoms with Gasteiger partial charge in [-0.05, 0) is 65.3 Å². The first-order valence-electron chi connectivity index (χ1n) is 5.72. The molecular weight excluding hydrogens is 321 g/mol. The molecule has 2 heteroatoms. The van der Waals surface area contributed by atoms with Crippen molar-refractivity contribution >= 4 is 28.3 Å². The Balaban J connectivity index is 2.16. The Morgan fingerprint density at radius 2 is 1.59 bits per heavy atom. The van der Waals surface area contributed by atoms with Crippen LogP contribution in [0, 0.1) is 17.4 Å². The second-order valence-corrected chi connectivity index (χ2v) is 5.37. The Kier molecular flexibility index (Phi) is 4.05. The van der Waals surface area contributed by atoms with E-state index in [0.29, 0.717) is 0 Å². The number of rotatable bonds is 3. The molecule has 17 heavy (non-hydrogen) atoms. The monoisotopic (exact) mass is 337 g/mol. The number of hydrogen-bond donors (Lipinski definition) is 1. The molecule has 0 aromatic heterocycles. The smallest absolute Gasteiger partial charge is 0.0478 e. The quantitative estimate of drug-likeness (QED) is 0.812. The number of benzene rings is 2. The van der Waals surface area contributed by atoms with Crippen LogP contribution in [0.3, 0.4) is 0 Å². The summed E-state index contributed by atoms with van der Waals surface area (Å²) < 4.78 is 1.26. The van der Waals surface area contributed by atoms with Crippen molar-refractivity contribution in [3.05, 3.63) is 62.7 Å². The van der Waals surface area contributed by atoms with Gasteiger partial charge in [0.15, 0.2) is 0 Å². The average Bonchev–Trinajstić information content (AvgIpc) is 2.30. The highest BCUT2D eigenvalue weighted by atomic mass is 127. The second kappa shape index (κ2) is 5.54. The molecule has 0 aliphatic heterocycles. The van der Waals surface area contributed by atoms with E-state index >= 15 is 0 Å². The summed E-state index contributed by atoms with van der Waals surface area (Å²) in [4.78, 5) is 0. The lowest BCUT2D eigenvalue weighted by Gasteiger charge is -2.12. The van der Waals surface area contributed by atoms with Crippen molar-refractivity contribution in [1.82, 2.24) is 0 Å². The van der Waals surface area contributed by atoms with E-state index in [0.717, 1.165) is 6.54 Å². The molecule has 0 radical (unpaired) electrons. The van der Waals surface area contributed by atoms with Crippen LogP contribution in [0.1, 0.15) is 16.7 Å². The molecule has 0 heterocycles. The second-order valence-electron chi connectivity index (χ2n) is 4.20. The van der Waals surface area contributed by atoms with Crippen LogP contribution in [0.4, 0.5) is 5.69 Å². The van der Waals surface area contributed by atoms with Crippen LogP contribution in [0.25, 0.3) is 0 Å². The molecule has 0 spiro atoms. The van der Waals surface area contributed by atoms with E-state index in [9.17, 15) is 0 Å². The zero-order valence-electron chi connectivity index (χ0n) is 10.1. The summed E-state index contributed by atoms with van der Waals surface area (Å²) in [5.41, 5.74) is 5.30. The zero-order chi connectivity index (χ0) is 12.3. The van der Waals surface area contributed by atoms with Crippen LogP contribution in [0.5, 0.6) is 0 Å². The SMILES string of the molecule is Cc1cccc(C)c1CNc1ccccc1I. The van der Waals surface area contributed by atoms with Gasteiger partial charge in [0.2, 0.25) is 0 Å². The topological polar surface area (TPSA) is 12.0 Å². The number of para-hydroxylation sites is 1. The summed E-state index contributed by atoms with van der Waals surface area (Å²) in [6.07, 6.45) is 0. The molecule has 0 aliphatic rings. The molecule has 0 atom stereocenters. The van der Waals surface area contributed by atoms with E-state index in [1.807, 2.05) is 0 Å². The number of anilines is 1. The maximum Gasteiger partial charge on any atom is 0.0478 e. The fourth-order valence-corrected chi connectivity index (χ4v) is 2.49. The summed E-state index contributed by atoms with van der Waals surface area (Å²) in [6.45, 7) is 5.22. The van der Waals surface area contributed by atoms with Crippen molar-refractivity contribution in [3.8, 4) is 0 Å². The Morgan fingerprint density at radius 3 is 2.24 bits per heavy atom. The van der Waals surface area contributed by atoms with E-state index in [2.05, 4.69) is 84.2 Å². The molecule has 0 unspecified atom stereocenters. The van der Waals surface area contributed by atoms with Crippen molar-refractivity contribution in [2.45, 2.75) is 20.4 Å². The predicted molar refractivity (Wildman–Crippen MR) is 82.4 cm³/mol. The molecule has 2 aromatic rings. The summed E-state index contributed by atoms with van der Waals surface area (Å²) in [5, 5.41) is 3.50. The van der Waals surface area contributed by atoms with E-state index in [1.165, 1.54) is 25.9 Å². The minimum atomic E-state index is 0.887. The molecule has 2 aromatic carbocycles. The minimum absolute atomic E-state index is 0.887. The van der Waals surface area contributed by atoms with Gasteiger partial charge in [0.05, 0.1) is 0 Å². The van der Waals surface area contributed by atoms with Crippen molar-refractivity contribution in [2.75, 3.05) is 5.32 Å². The molecule has 0 fully saturated rings. The molecule has 0 amide bonds. The fraction of sp³-hybridized carbons (Fsp3) is 0.200. The van der Waals surface area contributed by atoms with Gasteiger partial charge in [-0.2, -0.15) is 0 Å². The molecule has 2 rings (SSSR count). The van der Waals surface area contributed by atoms with Gasteiger partial charge in [0.1, 0.15) is 0 Å². The zero-order valence-corrected chi connectivity index (χ0v) is 12.3. The highest BCUT2D eigenvalue weighted by molar-refractivity contribution is 14.1. The Hall–Kier alpha value is -1.03. The third-order valence-electron chi connectivity index (χ3n) is 2.97. The maximum atomic E-state index is 3.50. The Labute approximate surface area is 116 Å². The predicted octanol–water partition coefficient (Wildman–Crippen LogP) is 4.52. The molecule has 0 saturated carbocycles. The molecule has 1 N–H and O–H groups in total. The van der Waals surface area contributed by atoms with Crippen LogP contribution < -0.4 is 5.32 Å². The van der Waals surface area contributed by atoms with Gasteiger partial charge in [0.25, 0.3) is 0 Å². The number of nitrogens with one attached hydrogen (secondary N) is 1. The molecule has 0 bridgehead atoms. The van der Waals surface area contributed by atoms with Gasteiger partial charge in [-0.3, -0.25) is 0 Å². The van der Waals surface area contributed by atoms with Crippen molar-refractivity contribution in [3.63, 3.8) is 0 Å². The summed E-state index contributed by atoms with van der Waals surface area (Å²) >= 11 is 2.36. The first-order valence-corrected chi connectivity index (χ1v) is 6.80. The highest BCUT2D eigenvalue weighted by Gasteiger charge is 2.03. The van der Waals surface area contributed by atoms with Gasteiger partial charge in [0, 0.05) is 15.8 Å². The molecule has 88 valence electrons. The largest absolute Gasteiger partial charge is 0.380 e. The van der Waals surface area contributed by atoms with Crippen molar-refractivity contribution in [2.24, 2.45) is 0 Å². The molecular formula is C15H16IN. The lowest BCUT2D eigenvalue weighted by atomic mass is 10.0. The van der Waals surface area contributed by atoms with Crippen LogP contribution in [0.2, 0.25) is 0 Å². The van der Waals surface area contributed by atoms with Gasteiger partial charge in [-0.1, -0.05) is 30.3 Å². The van der Waals surface area contributed by atoms with E-state index < -0.39 is 0 Å². The molecule has 0 saturated heterocycles. The third-order valence-corrected chi connectivity index (χ3v) is 3.91. The van der Waals surface area contributed by atoms with E-state index in [4.69, 9.17) is 0 Å². The van der Waals surface area contributed by atoms with Gasteiger partial charge in [-0.25, -0.2) is 0 Å². The summed E-state index contributed by atoms with van der Waals surface area (Å²) in [5.74, 6) is 0. The molecule has 0 aliphatic carbocycles. The lowest BCUT2D eigenvalue weighted by Crippen LogP contribution is -2.04. The highest BCUT2D eigenvalue weighted by Crippen LogP contribution is 2.20. The summed E-state index contributed by atoms with van der Waals surface area (Å²) in [7, 11) is 0. The first-order chi connectivity index (χ1) is 8.18. The van der Waals surface area contributed by atoms with Crippen LogP contribution >= 0.6 is 22.6 Å². The maximum absolute atomic E-state index is 3.50. The fourth-order valence-electron chi connectivity index (χ4n) is 1.92. The Morgan fingerprint density at radius 1 is 0.941 bits per heavy atom. The normalized spacial score (nSPS) is 10.3. The van der Waals surface area contributed by atoms with E-state index in [-0.39, 0.29) is 0 Å². The standard InChI is InChI=1S/C15H16IN/c1-11-6-5-7-12(2)13(11)10-17-15-9-4-3-8-14(15)16/h3-9,17H,10H2,1-2H3. The average molecular weight is 337 g/mol. The van der Waals surface area contributed by atoms with Crippen LogP contribution in [0.15, 0.2) is 42.5 Å². The van der Waals surface area contributed by atoms with E-state index in [1.54, 1.807) is 0 Å². The van der Waals surface area contributed by atoms with Crippen molar-refractivity contribution < 1.29 is 0 Å². The van der Waals surface area contributed by atoms with Crippen LogP contribution in [-0.2, 0) is 6.54 Å². The number of hydrogen-bond acceptors (Lipinski definition) is 1. The van der Waals surface area contributed by atoms with Gasteiger partial charge >= 0.3 is 0 Å².